The predicted octanol–water partition coefficient (Wildman–Crippen LogP) is 5.12. The van der Waals surface area contributed by atoms with Crippen LogP contribution in [0.3, 0.4) is 0 Å². The highest BCUT2D eigenvalue weighted by Gasteiger charge is 2.18. The largest absolute Gasteiger partial charge is 0.479 e. The van der Waals surface area contributed by atoms with Crippen LogP contribution in [0.5, 0.6) is 5.75 Å². The maximum absolute atomic E-state index is 11.1. The van der Waals surface area contributed by atoms with Gasteiger partial charge in [0.2, 0.25) is 5.75 Å². The van der Waals surface area contributed by atoms with Gasteiger partial charge in [-0.2, -0.15) is 0 Å². The van der Waals surface area contributed by atoms with E-state index in [1.807, 2.05) is 5.38 Å². The quantitative estimate of drug-likeness (QED) is 0.445. The van der Waals surface area contributed by atoms with Gasteiger partial charge in [-0.3, -0.25) is 0 Å². The van der Waals surface area contributed by atoms with E-state index in [0.29, 0.717) is 11.6 Å². The molecule has 0 aliphatic rings. The second-order valence-electron chi connectivity index (χ2n) is 6.24. The average molecular weight is 369 g/mol. The van der Waals surface area contributed by atoms with Crippen LogP contribution in [0.4, 0.5) is 5.82 Å². The number of aryl methyl sites for hydroxylation is 1. The summed E-state index contributed by atoms with van der Waals surface area (Å²) in [6.45, 7) is 6.18. The highest BCUT2D eigenvalue weighted by atomic mass is 32.1. The lowest BCUT2D eigenvalue weighted by molar-refractivity contribution is -0.390. The molecule has 0 amide bonds. The number of aromatic nitrogens is 2. The molecule has 134 valence electrons. The number of pyridine rings is 1. The summed E-state index contributed by atoms with van der Waals surface area (Å²) in [5.41, 5.74) is 3.64. The van der Waals surface area contributed by atoms with E-state index < -0.39 is 4.92 Å². The van der Waals surface area contributed by atoms with Crippen molar-refractivity contribution >= 4 is 17.2 Å². The fourth-order valence-electron chi connectivity index (χ4n) is 2.44. The molecule has 0 fully saturated rings. The molecule has 0 atom stereocenters. The van der Waals surface area contributed by atoms with E-state index in [1.54, 1.807) is 19.1 Å². The van der Waals surface area contributed by atoms with Gasteiger partial charge in [-0.1, -0.05) is 38.1 Å². The molecule has 2 heterocycles. The first-order chi connectivity index (χ1) is 12.4. The van der Waals surface area contributed by atoms with E-state index in [9.17, 15) is 10.1 Å². The molecule has 0 aliphatic heterocycles. The molecule has 1 aromatic carbocycles. The molecule has 3 aromatic rings. The van der Waals surface area contributed by atoms with E-state index in [-0.39, 0.29) is 18.2 Å². The van der Waals surface area contributed by atoms with Crippen molar-refractivity contribution in [2.24, 2.45) is 0 Å². The Hall–Kier alpha value is -2.80. The zero-order valence-electron chi connectivity index (χ0n) is 14.8. The number of ether oxygens (including phenoxy) is 1. The molecule has 0 unspecified atom stereocenters. The van der Waals surface area contributed by atoms with E-state index in [0.717, 1.165) is 16.3 Å². The molecule has 0 N–H and O–H groups in total. The molecule has 7 heteroatoms. The predicted molar refractivity (Wildman–Crippen MR) is 102 cm³/mol. The highest BCUT2D eigenvalue weighted by molar-refractivity contribution is 7.13. The SMILES string of the molecule is Cc1ccc(OCc2csc(-c3ccc(C(C)C)cc3)n2)c([N+](=O)[O-])n1. The number of nitro groups is 1. The Morgan fingerprint density at radius 1 is 1.15 bits per heavy atom. The molecule has 0 spiro atoms. The van der Waals surface area contributed by atoms with Crippen molar-refractivity contribution in [3.8, 4) is 16.3 Å². The van der Waals surface area contributed by atoms with E-state index in [2.05, 4.69) is 48.1 Å². The summed E-state index contributed by atoms with van der Waals surface area (Å²) in [4.78, 5) is 19.0. The van der Waals surface area contributed by atoms with E-state index in [1.165, 1.54) is 16.9 Å². The molecule has 0 bridgehead atoms. The van der Waals surface area contributed by atoms with Gasteiger partial charge in [0, 0.05) is 17.9 Å². The van der Waals surface area contributed by atoms with Crippen LogP contribution in [0.25, 0.3) is 10.6 Å². The summed E-state index contributed by atoms with van der Waals surface area (Å²) in [7, 11) is 0. The summed E-state index contributed by atoms with van der Waals surface area (Å²) < 4.78 is 5.58. The van der Waals surface area contributed by atoms with Gasteiger partial charge in [0.15, 0.2) is 0 Å². The van der Waals surface area contributed by atoms with Gasteiger partial charge in [-0.25, -0.2) is 4.98 Å². The van der Waals surface area contributed by atoms with E-state index in [4.69, 9.17) is 4.74 Å². The average Bonchev–Trinajstić information content (AvgIpc) is 3.09. The van der Waals surface area contributed by atoms with Gasteiger partial charge in [-0.15, -0.1) is 11.3 Å². The molecule has 26 heavy (non-hydrogen) atoms. The third kappa shape index (κ3) is 4.05. The van der Waals surface area contributed by atoms with E-state index >= 15 is 0 Å². The lowest BCUT2D eigenvalue weighted by atomic mass is 10.0. The number of nitrogens with zero attached hydrogens (tertiary/aromatic N) is 3. The molecule has 0 aliphatic carbocycles. The third-order valence-electron chi connectivity index (χ3n) is 3.90. The molecular formula is C19H19N3O3S. The number of hydrogen-bond donors (Lipinski definition) is 0. The maximum atomic E-state index is 11.1. The van der Waals surface area contributed by atoms with Gasteiger partial charge >= 0.3 is 5.82 Å². The van der Waals surface area contributed by atoms with Crippen LogP contribution < -0.4 is 4.74 Å². The van der Waals surface area contributed by atoms with Crippen LogP contribution in [0.15, 0.2) is 41.8 Å². The standard InChI is InChI=1S/C19H19N3O3S/c1-12(2)14-5-7-15(8-6-14)19-21-16(11-26-19)10-25-17-9-4-13(3)20-18(17)22(23)24/h4-9,11-12H,10H2,1-3H3. The monoisotopic (exact) mass is 369 g/mol. The smallest absolute Gasteiger partial charge is 0.406 e. The van der Waals surface area contributed by atoms with Crippen molar-refractivity contribution in [2.75, 3.05) is 0 Å². The summed E-state index contributed by atoms with van der Waals surface area (Å²) in [6, 6.07) is 11.6. The zero-order valence-corrected chi connectivity index (χ0v) is 15.6. The van der Waals surface area contributed by atoms with Crippen LogP contribution in [-0.2, 0) is 6.61 Å². The lowest BCUT2D eigenvalue weighted by Gasteiger charge is -2.05. The Labute approximate surface area is 155 Å². The van der Waals surface area contributed by atoms with Gasteiger partial charge in [0.1, 0.15) is 17.3 Å². The number of rotatable bonds is 6. The van der Waals surface area contributed by atoms with Crippen LogP contribution in [-0.4, -0.2) is 14.9 Å². The summed E-state index contributed by atoms with van der Waals surface area (Å²) >= 11 is 1.52. The fraction of sp³-hybridized carbons (Fsp3) is 0.263. The molecule has 6 nitrogen and oxygen atoms in total. The van der Waals surface area contributed by atoms with Crippen molar-refractivity contribution in [1.82, 2.24) is 9.97 Å². The first kappa shape index (κ1) is 18.0. The Kier molecular flexibility index (Phi) is 5.27. The zero-order chi connectivity index (χ0) is 18.7. The second kappa shape index (κ2) is 7.61. The second-order valence-corrected chi connectivity index (χ2v) is 7.10. The summed E-state index contributed by atoms with van der Waals surface area (Å²) in [5.74, 6) is 0.365. The van der Waals surface area contributed by atoms with Crippen LogP contribution in [0.2, 0.25) is 0 Å². The van der Waals surface area contributed by atoms with Crippen molar-refractivity contribution in [1.29, 1.82) is 0 Å². The molecular weight excluding hydrogens is 350 g/mol. The number of benzene rings is 1. The Balaban J connectivity index is 1.72. The van der Waals surface area contributed by atoms with Gasteiger partial charge in [0.25, 0.3) is 0 Å². The van der Waals surface area contributed by atoms with Gasteiger partial charge < -0.3 is 14.9 Å². The Morgan fingerprint density at radius 3 is 2.54 bits per heavy atom. The minimum Gasteiger partial charge on any atom is -0.479 e. The normalized spacial score (nSPS) is 10.9. The first-order valence-corrected chi connectivity index (χ1v) is 9.11. The lowest BCUT2D eigenvalue weighted by Crippen LogP contribution is -2.02. The maximum Gasteiger partial charge on any atom is 0.406 e. The third-order valence-corrected chi connectivity index (χ3v) is 4.84. The van der Waals surface area contributed by atoms with Crippen LogP contribution in [0, 0.1) is 17.0 Å². The van der Waals surface area contributed by atoms with Crippen molar-refractivity contribution in [3.05, 3.63) is 68.8 Å². The molecule has 2 aromatic heterocycles. The van der Waals surface area contributed by atoms with Crippen LogP contribution in [0.1, 0.15) is 36.7 Å². The van der Waals surface area contributed by atoms with Gasteiger partial charge in [-0.05, 0) is 33.5 Å². The summed E-state index contributed by atoms with van der Waals surface area (Å²) in [5, 5.41) is 13.9. The van der Waals surface area contributed by atoms with Crippen molar-refractivity contribution < 1.29 is 9.66 Å². The minimum absolute atomic E-state index is 0.149. The highest BCUT2D eigenvalue weighted by Crippen LogP contribution is 2.28. The Bertz CT molecular complexity index is 920. The van der Waals surface area contributed by atoms with Crippen molar-refractivity contribution in [2.45, 2.75) is 33.3 Å². The topological polar surface area (TPSA) is 78.2 Å². The molecule has 3 rings (SSSR count). The van der Waals surface area contributed by atoms with Gasteiger partial charge in [0.05, 0.1) is 5.69 Å². The van der Waals surface area contributed by atoms with Crippen LogP contribution >= 0.6 is 11.3 Å². The number of hydrogen-bond acceptors (Lipinski definition) is 6. The van der Waals surface area contributed by atoms with Crippen molar-refractivity contribution in [3.63, 3.8) is 0 Å². The number of thiazole rings is 1. The Morgan fingerprint density at radius 2 is 1.88 bits per heavy atom. The summed E-state index contributed by atoms with van der Waals surface area (Å²) in [6.07, 6.45) is 0. The minimum atomic E-state index is -0.537. The molecule has 0 saturated carbocycles. The fourth-order valence-corrected chi connectivity index (χ4v) is 3.25. The first-order valence-electron chi connectivity index (χ1n) is 8.23. The molecule has 0 saturated heterocycles. The molecule has 0 radical (unpaired) electrons.